The van der Waals surface area contributed by atoms with Crippen LogP contribution in [0.5, 0.6) is 0 Å². The second kappa shape index (κ2) is 4.90. The summed E-state index contributed by atoms with van der Waals surface area (Å²) < 4.78 is 0. The first-order valence-electron chi connectivity index (χ1n) is 6.18. The highest BCUT2D eigenvalue weighted by Gasteiger charge is 2.13. The molecule has 0 aromatic carbocycles. The molecule has 0 fully saturated rings. The van der Waals surface area contributed by atoms with E-state index in [9.17, 15) is 4.79 Å². The van der Waals surface area contributed by atoms with E-state index in [2.05, 4.69) is 29.2 Å². The highest BCUT2D eigenvalue weighted by atomic mass is 32.1. The predicted octanol–water partition coefficient (Wildman–Crippen LogP) is 3.91. The highest BCUT2D eigenvalue weighted by molar-refractivity contribution is 7.16. The molecule has 3 nitrogen and oxygen atoms in total. The van der Waals surface area contributed by atoms with E-state index in [0.29, 0.717) is 11.7 Å². The number of rotatable bonds is 3. The number of aromatic amines is 1. The number of fused-ring (bicyclic) bond motifs is 1. The molecule has 1 N–H and O–H groups in total. The lowest BCUT2D eigenvalue weighted by Gasteiger charge is -2.03. The minimum absolute atomic E-state index is 0.0249. The van der Waals surface area contributed by atoms with Gasteiger partial charge in [0.05, 0.1) is 5.39 Å². The van der Waals surface area contributed by atoms with Crippen LogP contribution in [0.2, 0.25) is 0 Å². The average Bonchev–Trinajstić information content (AvgIpc) is 2.97. The van der Waals surface area contributed by atoms with E-state index < -0.39 is 0 Å². The molecule has 0 aliphatic carbocycles. The van der Waals surface area contributed by atoms with Gasteiger partial charge < -0.3 is 4.98 Å². The Morgan fingerprint density at radius 1 is 1.37 bits per heavy atom. The third-order valence-electron chi connectivity index (χ3n) is 2.94. The first-order chi connectivity index (χ1) is 9.15. The molecule has 0 atom stereocenters. The lowest BCUT2D eigenvalue weighted by atomic mass is 10.0. The lowest BCUT2D eigenvalue weighted by Crippen LogP contribution is -2.10. The summed E-state index contributed by atoms with van der Waals surface area (Å²) in [5, 5.41) is 6.80. The molecular formula is C14H14N2OS2. The maximum absolute atomic E-state index is 12.3. The number of hydrogen-bond acceptors (Lipinski definition) is 4. The van der Waals surface area contributed by atoms with Crippen molar-refractivity contribution in [1.29, 1.82) is 0 Å². The van der Waals surface area contributed by atoms with Gasteiger partial charge in [0.15, 0.2) is 0 Å². The lowest BCUT2D eigenvalue weighted by molar-refractivity contribution is 0.651. The molecule has 0 bridgehead atoms. The maximum Gasteiger partial charge on any atom is 0.260 e. The molecule has 3 aromatic heterocycles. The number of hydrogen-bond donors (Lipinski definition) is 1. The van der Waals surface area contributed by atoms with E-state index in [1.54, 1.807) is 22.7 Å². The zero-order chi connectivity index (χ0) is 13.4. The SMILES string of the molecule is CC(C)Cc1csc2nc(-c3ccsc3)[nH]c(=O)c12. The summed E-state index contributed by atoms with van der Waals surface area (Å²) in [6.07, 6.45) is 0.919. The zero-order valence-electron chi connectivity index (χ0n) is 10.8. The van der Waals surface area contributed by atoms with E-state index in [1.807, 2.05) is 16.8 Å². The van der Waals surface area contributed by atoms with Crippen molar-refractivity contribution in [2.45, 2.75) is 20.3 Å². The van der Waals surface area contributed by atoms with Gasteiger partial charge in [0.2, 0.25) is 0 Å². The van der Waals surface area contributed by atoms with Gasteiger partial charge in [-0.2, -0.15) is 11.3 Å². The summed E-state index contributed by atoms with van der Waals surface area (Å²) in [6.45, 7) is 4.32. The van der Waals surface area contributed by atoms with Gasteiger partial charge in [-0.3, -0.25) is 4.79 Å². The van der Waals surface area contributed by atoms with Crippen LogP contribution in [0.1, 0.15) is 19.4 Å². The molecule has 3 aromatic rings. The van der Waals surface area contributed by atoms with E-state index >= 15 is 0 Å². The van der Waals surface area contributed by atoms with Crippen molar-refractivity contribution < 1.29 is 0 Å². The van der Waals surface area contributed by atoms with Crippen molar-refractivity contribution >= 4 is 32.9 Å². The van der Waals surface area contributed by atoms with E-state index in [-0.39, 0.29) is 5.56 Å². The van der Waals surface area contributed by atoms with Gasteiger partial charge in [0.1, 0.15) is 10.7 Å². The molecule has 0 spiro atoms. The Bertz CT molecular complexity index is 753. The van der Waals surface area contributed by atoms with Gasteiger partial charge in [-0.1, -0.05) is 13.8 Å². The molecule has 0 amide bonds. The standard InChI is InChI=1S/C14H14N2OS2/c1-8(2)5-10-7-19-14-11(10)13(17)15-12(16-14)9-3-4-18-6-9/h3-4,6-8H,5H2,1-2H3,(H,15,16,17). The van der Waals surface area contributed by atoms with Gasteiger partial charge in [-0.25, -0.2) is 4.98 Å². The minimum Gasteiger partial charge on any atom is -0.306 e. The van der Waals surface area contributed by atoms with Gasteiger partial charge in [0, 0.05) is 10.9 Å². The quantitative estimate of drug-likeness (QED) is 0.795. The van der Waals surface area contributed by atoms with Gasteiger partial charge in [-0.05, 0) is 34.7 Å². The van der Waals surface area contributed by atoms with Crippen LogP contribution in [0.3, 0.4) is 0 Å². The topological polar surface area (TPSA) is 45.8 Å². The summed E-state index contributed by atoms with van der Waals surface area (Å²) >= 11 is 3.15. The fourth-order valence-electron chi connectivity index (χ4n) is 2.13. The third-order valence-corrected chi connectivity index (χ3v) is 4.55. The van der Waals surface area contributed by atoms with Gasteiger partial charge >= 0.3 is 0 Å². The molecule has 0 aliphatic heterocycles. The second-order valence-corrected chi connectivity index (χ2v) is 6.60. The maximum atomic E-state index is 12.3. The normalized spacial score (nSPS) is 11.5. The molecular weight excluding hydrogens is 276 g/mol. The smallest absolute Gasteiger partial charge is 0.260 e. The summed E-state index contributed by atoms with van der Waals surface area (Å²) in [5.41, 5.74) is 2.06. The number of nitrogens with zero attached hydrogens (tertiary/aromatic N) is 1. The van der Waals surface area contributed by atoms with Crippen molar-refractivity contribution in [3.05, 3.63) is 38.1 Å². The molecule has 3 heterocycles. The van der Waals surface area contributed by atoms with Gasteiger partial charge in [-0.15, -0.1) is 11.3 Å². The predicted molar refractivity (Wildman–Crippen MR) is 82.1 cm³/mol. The Balaban J connectivity index is 2.16. The molecule has 0 unspecified atom stereocenters. The summed E-state index contributed by atoms with van der Waals surface area (Å²) in [5.74, 6) is 1.20. The first-order valence-corrected chi connectivity index (χ1v) is 8.00. The molecule has 5 heteroatoms. The Hall–Kier alpha value is -1.46. The number of thiophene rings is 2. The van der Waals surface area contributed by atoms with Crippen LogP contribution in [0.4, 0.5) is 0 Å². The Labute approximate surface area is 119 Å². The van der Waals surface area contributed by atoms with Crippen molar-refractivity contribution in [3.8, 4) is 11.4 Å². The largest absolute Gasteiger partial charge is 0.306 e. The first kappa shape index (κ1) is 12.6. The van der Waals surface area contributed by atoms with E-state index in [0.717, 1.165) is 27.8 Å². The third kappa shape index (κ3) is 2.35. The number of H-pyrrole nitrogens is 1. The van der Waals surface area contributed by atoms with Crippen molar-refractivity contribution in [3.63, 3.8) is 0 Å². The average molecular weight is 290 g/mol. The molecule has 98 valence electrons. The van der Waals surface area contributed by atoms with Crippen LogP contribution in [0, 0.1) is 5.92 Å². The number of aromatic nitrogens is 2. The van der Waals surface area contributed by atoms with E-state index in [1.165, 1.54) is 0 Å². The second-order valence-electron chi connectivity index (χ2n) is 4.97. The molecule has 0 radical (unpaired) electrons. The number of nitrogens with one attached hydrogen (secondary N) is 1. The van der Waals surface area contributed by atoms with Crippen LogP contribution in [0.25, 0.3) is 21.6 Å². The Morgan fingerprint density at radius 3 is 2.89 bits per heavy atom. The zero-order valence-corrected chi connectivity index (χ0v) is 12.4. The van der Waals surface area contributed by atoms with Crippen molar-refractivity contribution in [2.75, 3.05) is 0 Å². The molecule has 0 saturated carbocycles. The summed E-state index contributed by atoms with van der Waals surface area (Å²) in [4.78, 5) is 20.6. The van der Waals surface area contributed by atoms with Gasteiger partial charge in [0.25, 0.3) is 5.56 Å². The highest BCUT2D eigenvalue weighted by Crippen LogP contribution is 2.26. The fourth-order valence-corrected chi connectivity index (χ4v) is 3.73. The van der Waals surface area contributed by atoms with Crippen LogP contribution in [-0.4, -0.2) is 9.97 Å². The molecule has 0 aliphatic rings. The van der Waals surface area contributed by atoms with Crippen LogP contribution in [-0.2, 0) is 6.42 Å². The summed E-state index contributed by atoms with van der Waals surface area (Å²) in [7, 11) is 0. The van der Waals surface area contributed by atoms with Crippen molar-refractivity contribution in [2.24, 2.45) is 5.92 Å². The Kier molecular flexibility index (Phi) is 3.24. The Morgan fingerprint density at radius 2 is 2.21 bits per heavy atom. The molecule has 3 rings (SSSR count). The fraction of sp³-hybridized carbons (Fsp3) is 0.286. The molecule has 19 heavy (non-hydrogen) atoms. The van der Waals surface area contributed by atoms with Crippen LogP contribution < -0.4 is 5.56 Å². The minimum atomic E-state index is -0.0249. The monoisotopic (exact) mass is 290 g/mol. The van der Waals surface area contributed by atoms with Crippen LogP contribution in [0.15, 0.2) is 27.0 Å². The van der Waals surface area contributed by atoms with Crippen molar-refractivity contribution in [1.82, 2.24) is 9.97 Å². The van der Waals surface area contributed by atoms with E-state index in [4.69, 9.17) is 0 Å². The summed E-state index contributed by atoms with van der Waals surface area (Å²) in [6, 6.07) is 1.97. The molecule has 0 saturated heterocycles. The van der Waals surface area contributed by atoms with Crippen LogP contribution >= 0.6 is 22.7 Å².